The number of nitrogens with two attached hydrogens (primary N) is 1. The molecule has 0 spiro atoms. The Morgan fingerprint density at radius 1 is 1.40 bits per heavy atom. The lowest BCUT2D eigenvalue weighted by Gasteiger charge is -2.37. The molecule has 1 aliphatic rings. The summed E-state index contributed by atoms with van der Waals surface area (Å²) in [6.07, 6.45) is 0. The van der Waals surface area contributed by atoms with E-state index in [0.717, 1.165) is 12.4 Å². The molecule has 0 radical (unpaired) electrons. The largest absolute Gasteiger partial charge is 0.493 e. The number of para-hydroxylation sites is 1. The van der Waals surface area contributed by atoms with Gasteiger partial charge in [-0.15, -0.1) is 0 Å². The molecule has 0 saturated carbocycles. The van der Waals surface area contributed by atoms with E-state index in [4.69, 9.17) is 10.5 Å². The SMILES string of the molecule is CN(C)C1c2ccccc2OCC1CN. The lowest BCUT2D eigenvalue weighted by molar-refractivity contribution is 0.121. The first-order chi connectivity index (χ1) is 7.24. The minimum atomic E-state index is 0.375. The third-order valence-corrected chi connectivity index (χ3v) is 3.00. The van der Waals surface area contributed by atoms with Crippen molar-refractivity contribution in [2.45, 2.75) is 6.04 Å². The molecule has 0 aromatic heterocycles. The van der Waals surface area contributed by atoms with Gasteiger partial charge in [0.05, 0.1) is 6.61 Å². The Kier molecular flexibility index (Phi) is 2.93. The third-order valence-electron chi connectivity index (χ3n) is 3.00. The highest BCUT2D eigenvalue weighted by atomic mass is 16.5. The second-order valence-electron chi connectivity index (χ2n) is 4.25. The molecule has 0 bridgehead atoms. The number of hydrogen-bond donors (Lipinski definition) is 1. The Bertz CT molecular complexity index is 338. The highest BCUT2D eigenvalue weighted by Crippen LogP contribution is 2.37. The molecule has 1 heterocycles. The first-order valence-corrected chi connectivity index (χ1v) is 5.32. The molecular formula is C12H18N2O. The third kappa shape index (κ3) is 1.85. The van der Waals surface area contributed by atoms with Gasteiger partial charge >= 0.3 is 0 Å². The van der Waals surface area contributed by atoms with Crippen LogP contribution in [0.1, 0.15) is 11.6 Å². The molecule has 0 amide bonds. The van der Waals surface area contributed by atoms with Gasteiger partial charge in [-0.2, -0.15) is 0 Å². The van der Waals surface area contributed by atoms with Crippen molar-refractivity contribution in [1.29, 1.82) is 0 Å². The lowest BCUT2D eigenvalue weighted by atomic mass is 9.90. The number of fused-ring (bicyclic) bond motifs is 1. The van der Waals surface area contributed by atoms with Gasteiger partial charge in [-0.25, -0.2) is 0 Å². The van der Waals surface area contributed by atoms with Gasteiger partial charge in [0.1, 0.15) is 5.75 Å². The first kappa shape index (κ1) is 10.5. The summed E-state index contributed by atoms with van der Waals surface area (Å²) < 4.78 is 5.70. The highest BCUT2D eigenvalue weighted by molar-refractivity contribution is 5.38. The molecule has 1 aromatic rings. The van der Waals surface area contributed by atoms with Crippen molar-refractivity contribution in [3.63, 3.8) is 0 Å². The Morgan fingerprint density at radius 3 is 2.80 bits per heavy atom. The van der Waals surface area contributed by atoms with Crippen LogP contribution < -0.4 is 10.5 Å². The smallest absolute Gasteiger partial charge is 0.124 e. The van der Waals surface area contributed by atoms with Gasteiger partial charge in [0.15, 0.2) is 0 Å². The zero-order chi connectivity index (χ0) is 10.8. The van der Waals surface area contributed by atoms with Gasteiger partial charge in [-0.1, -0.05) is 18.2 Å². The Balaban J connectivity index is 2.38. The van der Waals surface area contributed by atoms with Gasteiger partial charge in [0.2, 0.25) is 0 Å². The molecule has 1 aromatic carbocycles. The van der Waals surface area contributed by atoms with Crippen molar-refractivity contribution in [3.05, 3.63) is 29.8 Å². The van der Waals surface area contributed by atoms with E-state index >= 15 is 0 Å². The average molecular weight is 206 g/mol. The van der Waals surface area contributed by atoms with E-state index in [1.54, 1.807) is 0 Å². The minimum absolute atomic E-state index is 0.375. The van der Waals surface area contributed by atoms with Crippen molar-refractivity contribution in [2.24, 2.45) is 11.7 Å². The standard InChI is InChI=1S/C12H18N2O/c1-14(2)12-9(7-13)8-15-11-6-4-3-5-10(11)12/h3-6,9,12H,7-8,13H2,1-2H3. The van der Waals surface area contributed by atoms with Crippen LogP contribution in [0.5, 0.6) is 5.75 Å². The normalized spacial score (nSPS) is 24.8. The number of benzene rings is 1. The van der Waals surface area contributed by atoms with Crippen molar-refractivity contribution in [3.8, 4) is 5.75 Å². The first-order valence-electron chi connectivity index (χ1n) is 5.32. The fourth-order valence-electron chi connectivity index (χ4n) is 2.29. The number of ether oxygens (including phenoxy) is 1. The summed E-state index contributed by atoms with van der Waals surface area (Å²) >= 11 is 0. The number of hydrogen-bond acceptors (Lipinski definition) is 3. The van der Waals surface area contributed by atoms with Crippen molar-refractivity contribution in [1.82, 2.24) is 4.90 Å². The van der Waals surface area contributed by atoms with E-state index in [1.165, 1.54) is 5.56 Å². The van der Waals surface area contributed by atoms with E-state index in [-0.39, 0.29) is 0 Å². The molecule has 0 fully saturated rings. The minimum Gasteiger partial charge on any atom is -0.493 e. The molecule has 3 nitrogen and oxygen atoms in total. The maximum Gasteiger partial charge on any atom is 0.124 e. The van der Waals surface area contributed by atoms with Crippen molar-refractivity contribution >= 4 is 0 Å². The fourth-order valence-corrected chi connectivity index (χ4v) is 2.29. The van der Waals surface area contributed by atoms with E-state index in [1.807, 2.05) is 12.1 Å². The van der Waals surface area contributed by atoms with E-state index in [9.17, 15) is 0 Å². The van der Waals surface area contributed by atoms with E-state index in [2.05, 4.69) is 31.1 Å². The highest BCUT2D eigenvalue weighted by Gasteiger charge is 2.31. The van der Waals surface area contributed by atoms with Gasteiger partial charge in [-0.05, 0) is 20.2 Å². The molecule has 2 rings (SSSR count). The molecule has 82 valence electrons. The second-order valence-corrected chi connectivity index (χ2v) is 4.25. The van der Waals surface area contributed by atoms with E-state index < -0.39 is 0 Å². The molecule has 2 unspecified atom stereocenters. The van der Waals surface area contributed by atoms with Crippen LogP contribution in [-0.4, -0.2) is 32.1 Å². The van der Waals surface area contributed by atoms with Crippen LogP contribution in [0, 0.1) is 5.92 Å². The predicted molar refractivity (Wildman–Crippen MR) is 60.9 cm³/mol. The quantitative estimate of drug-likeness (QED) is 0.791. The number of nitrogens with zero attached hydrogens (tertiary/aromatic N) is 1. The summed E-state index contributed by atoms with van der Waals surface area (Å²) in [6, 6.07) is 8.59. The molecule has 2 N–H and O–H groups in total. The Morgan fingerprint density at radius 2 is 2.13 bits per heavy atom. The summed E-state index contributed by atoms with van der Waals surface area (Å²) in [6.45, 7) is 1.38. The van der Waals surface area contributed by atoms with Gasteiger partial charge < -0.3 is 15.4 Å². The summed E-state index contributed by atoms with van der Waals surface area (Å²) in [7, 11) is 4.19. The topological polar surface area (TPSA) is 38.5 Å². The van der Waals surface area contributed by atoms with Crippen molar-refractivity contribution in [2.75, 3.05) is 27.2 Å². The van der Waals surface area contributed by atoms with Crippen LogP contribution in [0.3, 0.4) is 0 Å². The second kappa shape index (κ2) is 4.21. The van der Waals surface area contributed by atoms with Crippen molar-refractivity contribution < 1.29 is 4.74 Å². The Hall–Kier alpha value is -1.06. The van der Waals surface area contributed by atoms with Crippen LogP contribution in [0.25, 0.3) is 0 Å². The fraction of sp³-hybridized carbons (Fsp3) is 0.500. The molecule has 3 heteroatoms. The number of rotatable bonds is 2. The van der Waals surface area contributed by atoms with Gasteiger partial charge in [0, 0.05) is 24.1 Å². The van der Waals surface area contributed by atoms with Gasteiger partial charge in [-0.3, -0.25) is 0 Å². The summed E-state index contributed by atoms with van der Waals surface area (Å²) in [5.41, 5.74) is 7.04. The molecule has 2 atom stereocenters. The van der Waals surface area contributed by atoms with Crippen LogP contribution in [0.2, 0.25) is 0 Å². The monoisotopic (exact) mass is 206 g/mol. The van der Waals surface area contributed by atoms with E-state index in [0.29, 0.717) is 18.5 Å². The lowest BCUT2D eigenvalue weighted by Crippen LogP contribution is -2.38. The molecule has 0 saturated heterocycles. The average Bonchev–Trinajstić information content (AvgIpc) is 2.27. The Labute approximate surface area is 90.8 Å². The molecular weight excluding hydrogens is 188 g/mol. The predicted octanol–water partition coefficient (Wildman–Crippen LogP) is 1.26. The maximum absolute atomic E-state index is 5.78. The summed E-state index contributed by atoms with van der Waals surface area (Å²) in [5, 5.41) is 0. The zero-order valence-electron chi connectivity index (χ0n) is 9.31. The summed E-state index contributed by atoms with van der Waals surface area (Å²) in [4.78, 5) is 2.22. The van der Waals surface area contributed by atoms with Crippen LogP contribution in [-0.2, 0) is 0 Å². The zero-order valence-corrected chi connectivity index (χ0v) is 9.31. The van der Waals surface area contributed by atoms with Crippen LogP contribution in [0.15, 0.2) is 24.3 Å². The molecule has 1 aliphatic heterocycles. The molecule has 0 aliphatic carbocycles. The maximum atomic E-state index is 5.78. The van der Waals surface area contributed by atoms with Crippen LogP contribution in [0.4, 0.5) is 0 Å². The molecule has 15 heavy (non-hydrogen) atoms. The van der Waals surface area contributed by atoms with Gasteiger partial charge in [0.25, 0.3) is 0 Å². The van der Waals surface area contributed by atoms with Crippen LogP contribution >= 0.6 is 0 Å². The summed E-state index contributed by atoms with van der Waals surface area (Å²) in [5.74, 6) is 1.38.